The van der Waals surface area contributed by atoms with Crippen LogP contribution in [0.2, 0.25) is 0 Å². The van der Waals surface area contributed by atoms with Crippen LogP contribution in [0.1, 0.15) is 43.7 Å². The summed E-state index contributed by atoms with van der Waals surface area (Å²) in [6.45, 7) is 4.73. The molecule has 0 saturated heterocycles. The Labute approximate surface area is 190 Å². The number of hydrogen-bond acceptors (Lipinski definition) is 3. The second kappa shape index (κ2) is 9.33. The fraction of sp³-hybridized carbons (Fsp3) is 0.462. The average Bonchev–Trinajstić information content (AvgIpc) is 3.03. The number of alkyl carbamates (subject to hydrolysis) is 1. The molecule has 2 N–H and O–H groups in total. The molecule has 0 radical (unpaired) electrons. The van der Waals surface area contributed by atoms with Crippen molar-refractivity contribution in [3.05, 3.63) is 59.7 Å². The van der Waals surface area contributed by atoms with Gasteiger partial charge >= 0.3 is 12.1 Å². The maximum atomic E-state index is 12.8. The van der Waals surface area contributed by atoms with Gasteiger partial charge in [0.25, 0.3) is 0 Å². The summed E-state index contributed by atoms with van der Waals surface area (Å²) in [6.07, 6.45) is 0.818. The van der Waals surface area contributed by atoms with Gasteiger partial charge in [0, 0.05) is 11.3 Å². The van der Waals surface area contributed by atoms with Crippen molar-refractivity contribution in [2.24, 2.45) is 5.41 Å². The van der Waals surface area contributed by atoms with Gasteiger partial charge in [-0.3, -0.25) is 0 Å². The standard InChI is InChI=1S/C26H34N2O4/c1-6-15-26(2,17-28(3,4)5)23(24(29)30)27-25(31)32-16-22-20-13-9-7-11-18(20)19-12-8-10-14-21(19)22/h7-14,22-23H,6,15-17H2,1-5H3,(H-,27,29,30,31)/p+1/t23-,26+/m0/s1. The minimum Gasteiger partial charge on any atom is -0.480 e. The first-order valence-corrected chi connectivity index (χ1v) is 11.2. The van der Waals surface area contributed by atoms with Crippen LogP contribution in [-0.2, 0) is 9.53 Å². The summed E-state index contributed by atoms with van der Waals surface area (Å²) < 4.78 is 6.21. The minimum absolute atomic E-state index is 0.0651. The molecule has 32 heavy (non-hydrogen) atoms. The van der Waals surface area contributed by atoms with Gasteiger partial charge in [-0.15, -0.1) is 0 Å². The third-order valence-electron chi connectivity index (χ3n) is 6.21. The van der Waals surface area contributed by atoms with E-state index in [1.54, 1.807) is 0 Å². The maximum Gasteiger partial charge on any atom is 0.407 e. The van der Waals surface area contributed by atoms with Gasteiger partial charge in [0.15, 0.2) is 0 Å². The number of amides is 1. The predicted octanol–water partition coefficient (Wildman–Crippen LogP) is 4.49. The number of quaternary nitrogens is 1. The van der Waals surface area contributed by atoms with Crippen molar-refractivity contribution in [3.8, 4) is 11.1 Å². The summed E-state index contributed by atoms with van der Waals surface area (Å²) in [7, 11) is 6.08. The summed E-state index contributed by atoms with van der Waals surface area (Å²) >= 11 is 0. The Morgan fingerprint density at radius 3 is 2.06 bits per heavy atom. The Balaban J connectivity index is 1.75. The van der Waals surface area contributed by atoms with Crippen LogP contribution in [0, 0.1) is 5.41 Å². The van der Waals surface area contributed by atoms with E-state index in [-0.39, 0.29) is 12.5 Å². The smallest absolute Gasteiger partial charge is 0.407 e. The van der Waals surface area contributed by atoms with E-state index in [9.17, 15) is 14.7 Å². The number of nitrogens with one attached hydrogen (secondary N) is 1. The Morgan fingerprint density at radius 1 is 1.06 bits per heavy atom. The third kappa shape index (κ3) is 5.13. The van der Waals surface area contributed by atoms with Crippen LogP contribution >= 0.6 is 0 Å². The lowest BCUT2D eigenvalue weighted by atomic mass is 9.77. The average molecular weight is 440 g/mol. The zero-order valence-electron chi connectivity index (χ0n) is 19.7. The second-order valence-electron chi connectivity index (χ2n) is 10.1. The molecule has 2 atom stereocenters. The highest BCUT2D eigenvalue weighted by Gasteiger charge is 2.44. The molecule has 0 spiro atoms. The van der Waals surface area contributed by atoms with Crippen LogP contribution in [0.15, 0.2) is 48.5 Å². The molecule has 6 nitrogen and oxygen atoms in total. The Bertz CT molecular complexity index is 936. The molecule has 0 saturated carbocycles. The van der Waals surface area contributed by atoms with Crippen molar-refractivity contribution >= 4 is 12.1 Å². The fourth-order valence-corrected chi connectivity index (χ4v) is 5.26. The van der Waals surface area contributed by atoms with Gasteiger partial charge in [-0.1, -0.05) is 68.8 Å². The summed E-state index contributed by atoms with van der Waals surface area (Å²) in [5.41, 5.74) is 3.94. The SMILES string of the molecule is CCC[C@](C)(C[N+](C)(C)C)[C@@H](NC(=O)OCC1c2ccccc2-c2ccccc21)C(=O)O. The third-order valence-corrected chi connectivity index (χ3v) is 6.21. The molecule has 0 heterocycles. The van der Waals surface area contributed by atoms with E-state index < -0.39 is 23.5 Å². The first-order chi connectivity index (χ1) is 15.1. The molecule has 2 aromatic rings. The van der Waals surface area contributed by atoms with Gasteiger partial charge in [-0.05, 0) is 28.7 Å². The van der Waals surface area contributed by atoms with Gasteiger partial charge in [0.1, 0.15) is 12.6 Å². The molecule has 0 bridgehead atoms. The quantitative estimate of drug-likeness (QED) is 0.565. The number of carboxylic acids is 1. The number of rotatable bonds is 9. The van der Waals surface area contributed by atoms with Gasteiger partial charge in [0.05, 0.1) is 27.7 Å². The largest absolute Gasteiger partial charge is 0.480 e. The van der Waals surface area contributed by atoms with Gasteiger partial charge in [0.2, 0.25) is 0 Å². The molecule has 0 fully saturated rings. The molecule has 0 aliphatic heterocycles. The lowest BCUT2D eigenvalue weighted by Gasteiger charge is -2.40. The molecule has 1 aliphatic carbocycles. The van der Waals surface area contributed by atoms with Crippen molar-refractivity contribution in [1.82, 2.24) is 5.32 Å². The van der Waals surface area contributed by atoms with Crippen LogP contribution in [0.3, 0.4) is 0 Å². The van der Waals surface area contributed by atoms with E-state index in [1.807, 2.05) is 59.3 Å². The van der Waals surface area contributed by atoms with Gasteiger partial charge in [-0.2, -0.15) is 0 Å². The van der Waals surface area contributed by atoms with Crippen LogP contribution in [0.4, 0.5) is 4.79 Å². The number of carboxylic acid groups (broad SMARTS) is 1. The molecular weight excluding hydrogens is 404 g/mol. The number of benzene rings is 2. The van der Waals surface area contributed by atoms with E-state index in [1.165, 1.54) is 0 Å². The Hall–Kier alpha value is -2.86. The molecule has 1 aliphatic rings. The molecule has 172 valence electrons. The Morgan fingerprint density at radius 2 is 1.59 bits per heavy atom. The zero-order chi connectivity index (χ0) is 23.5. The number of fused-ring (bicyclic) bond motifs is 3. The monoisotopic (exact) mass is 439 g/mol. The normalized spacial score (nSPS) is 15.9. The van der Waals surface area contributed by atoms with Crippen LogP contribution in [0.5, 0.6) is 0 Å². The number of carbonyl (C=O) groups excluding carboxylic acids is 1. The molecule has 1 amide bonds. The molecule has 3 rings (SSSR count). The van der Waals surface area contributed by atoms with Crippen molar-refractivity contribution in [2.45, 2.75) is 38.6 Å². The number of ether oxygens (including phenoxy) is 1. The van der Waals surface area contributed by atoms with E-state index >= 15 is 0 Å². The fourth-order valence-electron chi connectivity index (χ4n) is 5.26. The van der Waals surface area contributed by atoms with Crippen LogP contribution in [0.25, 0.3) is 11.1 Å². The first-order valence-electron chi connectivity index (χ1n) is 11.2. The summed E-state index contributed by atoms with van der Waals surface area (Å²) in [5, 5.41) is 12.6. The zero-order valence-corrected chi connectivity index (χ0v) is 19.7. The summed E-state index contributed by atoms with van der Waals surface area (Å²) in [4.78, 5) is 24.9. The van der Waals surface area contributed by atoms with Gasteiger partial charge < -0.3 is 19.6 Å². The lowest BCUT2D eigenvalue weighted by molar-refractivity contribution is -0.877. The van der Waals surface area contributed by atoms with E-state index in [4.69, 9.17) is 4.74 Å². The van der Waals surface area contributed by atoms with Crippen LogP contribution < -0.4 is 5.32 Å². The summed E-state index contributed by atoms with van der Waals surface area (Å²) in [6, 6.07) is 15.2. The lowest BCUT2D eigenvalue weighted by Crippen LogP contribution is -2.58. The number of hydrogen-bond donors (Lipinski definition) is 2. The molecule has 6 heteroatoms. The van der Waals surface area contributed by atoms with Crippen molar-refractivity contribution < 1.29 is 23.9 Å². The predicted molar refractivity (Wildman–Crippen MR) is 126 cm³/mol. The van der Waals surface area contributed by atoms with E-state index in [0.717, 1.165) is 28.7 Å². The van der Waals surface area contributed by atoms with Crippen LogP contribution in [-0.4, -0.2) is 62.0 Å². The first kappa shape index (κ1) is 23.8. The maximum absolute atomic E-state index is 12.8. The Kier molecular flexibility index (Phi) is 6.94. The molecule has 0 aromatic heterocycles. The second-order valence-corrected chi connectivity index (χ2v) is 10.1. The van der Waals surface area contributed by atoms with Crippen molar-refractivity contribution in [1.29, 1.82) is 0 Å². The topological polar surface area (TPSA) is 75.6 Å². The molecule has 0 unspecified atom stereocenters. The molecular formula is C26H35N2O4+. The highest BCUT2D eigenvalue weighted by Crippen LogP contribution is 2.44. The number of nitrogens with zero attached hydrogens (tertiary/aromatic N) is 1. The van der Waals surface area contributed by atoms with Gasteiger partial charge in [-0.25, -0.2) is 9.59 Å². The van der Waals surface area contributed by atoms with Crippen molar-refractivity contribution in [2.75, 3.05) is 34.3 Å². The number of aliphatic carboxylic acids is 1. The molecule has 2 aromatic carbocycles. The highest BCUT2D eigenvalue weighted by atomic mass is 16.5. The van der Waals surface area contributed by atoms with E-state index in [0.29, 0.717) is 17.4 Å². The van der Waals surface area contributed by atoms with E-state index in [2.05, 4.69) is 29.6 Å². The summed E-state index contributed by atoms with van der Waals surface area (Å²) in [5.74, 6) is -1.10. The highest BCUT2D eigenvalue weighted by molar-refractivity contribution is 5.81. The van der Waals surface area contributed by atoms with Crippen molar-refractivity contribution in [3.63, 3.8) is 0 Å². The number of carbonyl (C=O) groups is 2. The minimum atomic E-state index is -1.04.